The van der Waals surface area contributed by atoms with Gasteiger partial charge in [0.15, 0.2) is 17.3 Å². The van der Waals surface area contributed by atoms with Crippen LogP contribution in [0.25, 0.3) is 17.3 Å². The fourth-order valence-electron chi connectivity index (χ4n) is 1.91. The van der Waals surface area contributed by atoms with Gasteiger partial charge in [-0.3, -0.25) is 0 Å². The average molecular weight is 270 g/mol. The van der Waals surface area contributed by atoms with Crippen LogP contribution in [0.15, 0.2) is 41.1 Å². The number of benzene rings is 1. The molecule has 20 heavy (non-hydrogen) atoms. The van der Waals surface area contributed by atoms with Crippen LogP contribution in [0.3, 0.4) is 0 Å². The minimum absolute atomic E-state index is 0.0144. The monoisotopic (exact) mass is 270 g/mol. The summed E-state index contributed by atoms with van der Waals surface area (Å²) in [6.07, 6.45) is 3.20. The van der Waals surface area contributed by atoms with Gasteiger partial charge in [0.05, 0.1) is 11.9 Å². The Labute approximate surface area is 115 Å². The van der Waals surface area contributed by atoms with Crippen LogP contribution in [0, 0.1) is 0 Å². The topological polar surface area (TPSA) is 77.0 Å². The molecule has 1 N–H and O–H groups in total. The molecule has 0 saturated carbocycles. The minimum Gasteiger partial charge on any atom is -0.504 e. The molecule has 3 aromatic rings. The summed E-state index contributed by atoms with van der Waals surface area (Å²) in [7, 11) is 0. The molecule has 102 valence electrons. The van der Waals surface area contributed by atoms with E-state index in [1.165, 1.54) is 6.20 Å². The molecule has 6 nitrogen and oxygen atoms in total. The van der Waals surface area contributed by atoms with Crippen molar-refractivity contribution >= 4 is 0 Å². The van der Waals surface area contributed by atoms with E-state index in [4.69, 9.17) is 4.52 Å². The number of para-hydroxylation sites is 1. The molecule has 0 bridgehead atoms. The number of aromatic nitrogens is 4. The summed E-state index contributed by atoms with van der Waals surface area (Å²) in [4.78, 5) is 4.22. The van der Waals surface area contributed by atoms with Gasteiger partial charge in [0.25, 0.3) is 5.89 Å². The summed E-state index contributed by atoms with van der Waals surface area (Å²) in [6, 6.07) is 9.52. The first-order valence-electron chi connectivity index (χ1n) is 6.45. The van der Waals surface area contributed by atoms with Crippen LogP contribution in [0.5, 0.6) is 5.75 Å². The van der Waals surface area contributed by atoms with Gasteiger partial charge in [-0.15, -0.1) is 0 Å². The van der Waals surface area contributed by atoms with Crippen LogP contribution in [0.2, 0.25) is 0 Å². The van der Waals surface area contributed by atoms with Crippen LogP contribution in [0.4, 0.5) is 0 Å². The van der Waals surface area contributed by atoms with Crippen LogP contribution < -0.4 is 0 Å². The maximum Gasteiger partial charge on any atom is 0.282 e. The Kier molecular flexibility index (Phi) is 3.20. The third kappa shape index (κ3) is 2.27. The number of rotatable bonds is 4. The molecule has 0 fully saturated rings. The molecular weight excluding hydrogens is 256 g/mol. The maximum absolute atomic E-state index is 9.97. The van der Waals surface area contributed by atoms with Crippen molar-refractivity contribution in [3.8, 4) is 23.0 Å². The van der Waals surface area contributed by atoms with Crippen LogP contribution in [-0.4, -0.2) is 25.0 Å². The lowest BCUT2D eigenvalue weighted by Crippen LogP contribution is -1.94. The fraction of sp³-hybridized carbons (Fsp3) is 0.214. The Hall–Kier alpha value is -2.63. The second-order valence-corrected chi connectivity index (χ2v) is 4.41. The van der Waals surface area contributed by atoms with Gasteiger partial charge >= 0.3 is 0 Å². The zero-order chi connectivity index (χ0) is 13.9. The van der Waals surface area contributed by atoms with Crippen molar-refractivity contribution in [2.45, 2.75) is 19.8 Å². The third-order valence-corrected chi connectivity index (χ3v) is 2.86. The number of hydrogen-bond donors (Lipinski definition) is 1. The summed E-state index contributed by atoms with van der Waals surface area (Å²) < 4.78 is 6.71. The van der Waals surface area contributed by atoms with E-state index in [2.05, 4.69) is 15.2 Å². The summed E-state index contributed by atoms with van der Waals surface area (Å²) in [5.74, 6) is 0.873. The molecule has 1 aromatic carbocycles. The lowest BCUT2D eigenvalue weighted by molar-refractivity contribution is 0.416. The smallest absolute Gasteiger partial charge is 0.282 e. The van der Waals surface area contributed by atoms with Crippen molar-refractivity contribution in [2.75, 3.05) is 0 Å². The van der Waals surface area contributed by atoms with Gasteiger partial charge in [0, 0.05) is 6.42 Å². The lowest BCUT2D eigenvalue weighted by Gasteiger charge is -1.98. The average Bonchev–Trinajstić information content (AvgIpc) is 3.07. The molecule has 0 spiro atoms. The quantitative estimate of drug-likeness (QED) is 0.788. The highest BCUT2D eigenvalue weighted by molar-refractivity contribution is 5.56. The van der Waals surface area contributed by atoms with E-state index < -0.39 is 0 Å². The Balaban J connectivity index is 1.96. The van der Waals surface area contributed by atoms with Gasteiger partial charge in [-0.2, -0.15) is 10.1 Å². The normalized spacial score (nSPS) is 10.8. The molecule has 0 amide bonds. The molecule has 0 saturated heterocycles. The third-order valence-electron chi connectivity index (χ3n) is 2.86. The molecule has 3 rings (SSSR count). The second kappa shape index (κ2) is 5.16. The van der Waals surface area contributed by atoms with E-state index in [0.29, 0.717) is 11.5 Å². The molecule has 0 radical (unpaired) electrons. The Morgan fingerprint density at radius 2 is 2.05 bits per heavy atom. The van der Waals surface area contributed by atoms with Gasteiger partial charge in [-0.25, -0.2) is 4.68 Å². The Bertz CT molecular complexity index is 703. The molecule has 0 unspecified atom stereocenters. The summed E-state index contributed by atoms with van der Waals surface area (Å²) in [6.45, 7) is 2.04. The van der Waals surface area contributed by atoms with E-state index in [1.54, 1.807) is 4.68 Å². The molecule has 6 heteroatoms. The minimum atomic E-state index is 0.0144. The van der Waals surface area contributed by atoms with Crippen LogP contribution in [-0.2, 0) is 6.42 Å². The van der Waals surface area contributed by atoms with Crippen molar-refractivity contribution in [3.05, 3.63) is 42.4 Å². The van der Waals surface area contributed by atoms with Crippen molar-refractivity contribution in [1.82, 2.24) is 19.9 Å². The molecular formula is C14H14N4O2. The first-order valence-corrected chi connectivity index (χ1v) is 6.45. The maximum atomic E-state index is 9.97. The zero-order valence-electron chi connectivity index (χ0n) is 11.0. The molecule has 0 atom stereocenters. The first-order chi connectivity index (χ1) is 9.78. The Morgan fingerprint density at radius 1 is 1.25 bits per heavy atom. The highest BCUT2D eigenvalue weighted by atomic mass is 16.5. The van der Waals surface area contributed by atoms with E-state index in [0.717, 1.165) is 18.5 Å². The summed E-state index contributed by atoms with van der Waals surface area (Å²) in [5, 5.41) is 18.1. The van der Waals surface area contributed by atoms with Crippen molar-refractivity contribution < 1.29 is 9.63 Å². The summed E-state index contributed by atoms with van der Waals surface area (Å²) in [5.41, 5.74) is 1.14. The van der Waals surface area contributed by atoms with Crippen molar-refractivity contribution in [3.63, 3.8) is 0 Å². The molecule has 2 heterocycles. The van der Waals surface area contributed by atoms with Crippen molar-refractivity contribution in [2.24, 2.45) is 0 Å². The SMILES string of the molecule is CCCc1noc(-c2nn(-c3ccccc3)cc2O)n1. The fourth-order valence-corrected chi connectivity index (χ4v) is 1.91. The number of aryl methyl sites for hydroxylation is 1. The highest BCUT2D eigenvalue weighted by Gasteiger charge is 2.17. The number of hydrogen-bond acceptors (Lipinski definition) is 5. The zero-order valence-corrected chi connectivity index (χ0v) is 11.0. The molecule has 2 aromatic heterocycles. The van der Waals surface area contributed by atoms with E-state index in [9.17, 15) is 5.11 Å². The Morgan fingerprint density at radius 3 is 2.80 bits per heavy atom. The number of nitrogens with zero attached hydrogens (tertiary/aromatic N) is 4. The lowest BCUT2D eigenvalue weighted by atomic mass is 10.3. The summed E-state index contributed by atoms with van der Waals surface area (Å²) >= 11 is 0. The van der Waals surface area contributed by atoms with E-state index in [-0.39, 0.29) is 11.6 Å². The van der Waals surface area contributed by atoms with Gasteiger partial charge in [0.2, 0.25) is 0 Å². The van der Waals surface area contributed by atoms with Gasteiger partial charge in [-0.1, -0.05) is 30.3 Å². The highest BCUT2D eigenvalue weighted by Crippen LogP contribution is 2.27. The largest absolute Gasteiger partial charge is 0.504 e. The second-order valence-electron chi connectivity index (χ2n) is 4.41. The predicted octanol–water partition coefficient (Wildman–Crippen LogP) is 2.58. The van der Waals surface area contributed by atoms with Gasteiger partial charge in [0.1, 0.15) is 0 Å². The van der Waals surface area contributed by atoms with Gasteiger partial charge in [-0.05, 0) is 18.6 Å². The predicted molar refractivity (Wildman–Crippen MR) is 72.5 cm³/mol. The van der Waals surface area contributed by atoms with E-state index in [1.807, 2.05) is 37.3 Å². The molecule has 0 aliphatic carbocycles. The van der Waals surface area contributed by atoms with Crippen LogP contribution >= 0.6 is 0 Å². The standard InChI is InChI=1S/C14H14N4O2/c1-2-6-12-15-14(20-17-12)13-11(19)9-18(16-13)10-7-4-3-5-8-10/h3-5,7-9,19H,2,6H2,1H3. The first kappa shape index (κ1) is 12.4. The molecule has 0 aliphatic rings. The van der Waals surface area contributed by atoms with Crippen molar-refractivity contribution in [1.29, 1.82) is 0 Å². The number of aromatic hydroxyl groups is 1. The van der Waals surface area contributed by atoms with Gasteiger partial charge < -0.3 is 9.63 Å². The molecule has 0 aliphatic heterocycles. The van der Waals surface area contributed by atoms with E-state index >= 15 is 0 Å². The van der Waals surface area contributed by atoms with Crippen LogP contribution in [0.1, 0.15) is 19.2 Å².